The van der Waals surface area contributed by atoms with E-state index in [1.54, 1.807) is 28.9 Å². The highest BCUT2D eigenvalue weighted by molar-refractivity contribution is 7.13. The van der Waals surface area contributed by atoms with Crippen LogP contribution in [0, 0.1) is 0 Å². The summed E-state index contributed by atoms with van der Waals surface area (Å²) in [6.07, 6.45) is 1.74. The van der Waals surface area contributed by atoms with Crippen molar-refractivity contribution in [3.8, 4) is 10.6 Å². The number of rotatable bonds is 7. The van der Waals surface area contributed by atoms with Gasteiger partial charge in [0.25, 0.3) is 5.91 Å². The second-order valence-electron chi connectivity index (χ2n) is 6.98. The maximum Gasteiger partial charge on any atom is 0.252 e. The van der Waals surface area contributed by atoms with Gasteiger partial charge in [-0.05, 0) is 60.9 Å². The summed E-state index contributed by atoms with van der Waals surface area (Å²) < 4.78 is 1.83. The van der Waals surface area contributed by atoms with Crippen LogP contribution in [0.5, 0.6) is 0 Å². The minimum absolute atomic E-state index is 0.104. The lowest BCUT2D eigenvalue weighted by molar-refractivity contribution is 0.0943. The van der Waals surface area contributed by atoms with Crippen LogP contribution in [-0.4, -0.2) is 46.2 Å². The molecule has 1 atom stereocenters. The second kappa shape index (κ2) is 8.44. The number of aryl methyl sites for hydroxylation is 1. The van der Waals surface area contributed by atoms with Gasteiger partial charge in [0.05, 0.1) is 33.8 Å². The first-order valence-electron chi connectivity index (χ1n) is 9.45. The summed E-state index contributed by atoms with van der Waals surface area (Å²) in [6, 6.07) is 8.11. The molecule has 0 bridgehead atoms. The van der Waals surface area contributed by atoms with Gasteiger partial charge in [0.1, 0.15) is 0 Å². The Morgan fingerprint density at radius 2 is 2.17 bits per heavy atom. The van der Waals surface area contributed by atoms with Crippen molar-refractivity contribution in [2.24, 2.45) is 0 Å². The van der Waals surface area contributed by atoms with Crippen molar-refractivity contribution in [2.45, 2.75) is 19.5 Å². The first kappa shape index (κ1) is 19.8. The highest BCUT2D eigenvalue weighted by Gasteiger charge is 2.20. The number of likely N-dealkylation sites (N-methyl/N-ethyl adjacent to an activating group) is 1. The number of nitrogens with zero attached hydrogens (tertiary/aromatic N) is 4. The second-order valence-corrected chi connectivity index (χ2v) is 8.70. The molecule has 4 aromatic rings. The molecule has 4 rings (SSSR count). The van der Waals surface area contributed by atoms with Gasteiger partial charge in [0.15, 0.2) is 5.65 Å². The summed E-state index contributed by atoms with van der Waals surface area (Å²) in [4.78, 5) is 21.1. The predicted octanol–water partition coefficient (Wildman–Crippen LogP) is 4.27. The summed E-state index contributed by atoms with van der Waals surface area (Å²) >= 11 is 3.28. The standard InChI is InChI=1S/C21H23N5OS2/c1-4-26-20-16(11-23-26)15(10-17(24-20)19-6-5-8-29-19)21(27)22-12-18(25(2)3)14-7-9-28-13-14/h5-11,13,18H,4,12H2,1-3H3,(H,22,27). The Bertz CT molecular complexity index is 1100. The van der Waals surface area contributed by atoms with Crippen LogP contribution in [0.2, 0.25) is 0 Å². The Morgan fingerprint density at radius 3 is 2.83 bits per heavy atom. The van der Waals surface area contributed by atoms with Gasteiger partial charge in [0.2, 0.25) is 0 Å². The Balaban J connectivity index is 1.67. The highest BCUT2D eigenvalue weighted by Crippen LogP contribution is 2.28. The molecule has 0 saturated carbocycles. The third kappa shape index (κ3) is 3.96. The van der Waals surface area contributed by atoms with Crippen molar-refractivity contribution in [3.05, 3.63) is 57.7 Å². The molecule has 0 aliphatic rings. The van der Waals surface area contributed by atoms with Crippen molar-refractivity contribution < 1.29 is 4.79 Å². The summed E-state index contributed by atoms with van der Waals surface area (Å²) in [5.41, 5.74) is 3.36. The van der Waals surface area contributed by atoms with Crippen LogP contribution in [0.3, 0.4) is 0 Å². The van der Waals surface area contributed by atoms with Crippen LogP contribution >= 0.6 is 22.7 Å². The Morgan fingerprint density at radius 1 is 1.31 bits per heavy atom. The average Bonchev–Trinajstić information content (AvgIpc) is 3.47. The molecule has 0 aliphatic carbocycles. The molecule has 0 fully saturated rings. The molecule has 0 spiro atoms. The summed E-state index contributed by atoms with van der Waals surface area (Å²) in [5, 5.41) is 14.5. The zero-order chi connectivity index (χ0) is 20.4. The van der Waals surface area contributed by atoms with Crippen LogP contribution in [0.25, 0.3) is 21.6 Å². The quantitative estimate of drug-likeness (QED) is 0.480. The van der Waals surface area contributed by atoms with Crippen molar-refractivity contribution >= 4 is 39.6 Å². The van der Waals surface area contributed by atoms with E-state index < -0.39 is 0 Å². The van der Waals surface area contributed by atoms with E-state index in [-0.39, 0.29) is 11.9 Å². The van der Waals surface area contributed by atoms with Crippen LogP contribution < -0.4 is 5.32 Å². The maximum absolute atomic E-state index is 13.2. The number of fused-ring (bicyclic) bond motifs is 1. The minimum atomic E-state index is -0.104. The molecule has 0 aromatic carbocycles. The molecule has 8 heteroatoms. The molecule has 29 heavy (non-hydrogen) atoms. The SMILES string of the molecule is CCn1ncc2c(C(=O)NCC(c3ccsc3)N(C)C)cc(-c3cccs3)nc21. The molecular weight excluding hydrogens is 402 g/mol. The number of hydrogen-bond acceptors (Lipinski definition) is 6. The number of amides is 1. The van der Waals surface area contributed by atoms with Crippen LogP contribution in [0.4, 0.5) is 0 Å². The monoisotopic (exact) mass is 425 g/mol. The molecule has 4 heterocycles. The number of carbonyl (C=O) groups excluding carboxylic acids is 1. The molecule has 0 aliphatic heterocycles. The van der Waals surface area contributed by atoms with Crippen molar-refractivity contribution in [2.75, 3.05) is 20.6 Å². The summed E-state index contributed by atoms with van der Waals surface area (Å²) in [5.74, 6) is -0.104. The topological polar surface area (TPSA) is 63.1 Å². The van der Waals surface area contributed by atoms with Crippen LogP contribution in [0.15, 0.2) is 46.6 Å². The van der Waals surface area contributed by atoms with E-state index in [9.17, 15) is 4.79 Å². The van der Waals surface area contributed by atoms with E-state index in [1.165, 1.54) is 5.56 Å². The fraction of sp³-hybridized carbons (Fsp3) is 0.286. The van der Waals surface area contributed by atoms with Gasteiger partial charge < -0.3 is 10.2 Å². The fourth-order valence-electron chi connectivity index (χ4n) is 3.37. The lowest BCUT2D eigenvalue weighted by Crippen LogP contribution is -2.34. The lowest BCUT2D eigenvalue weighted by Gasteiger charge is -2.24. The van der Waals surface area contributed by atoms with E-state index in [2.05, 4.69) is 32.1 Å². The number of pyridine rings is 1. The van der Waals surface area contributed by atoms with E-state index in [4.69, 9.17) is 4.98 Å². The lowest BCUT2D eigenvalue weighted by atomic mass is 10.1. The number of aromatic nitrogens is 3. The Labute approximate surface area is 177 Å². The zero-order valence-corrected chi connectivity index (χ0v) is 18.3. The summed E-state index contributed by atoms with van der Waals surface area (Å²) in [6.45, 7) is 3.25. The van der Waals surface area contributed by atoms with Gasteiger partial charge in [0, 0.05) is 13.1 Å². The first-order chi connectivity index (χ1) is 14.1. The molecule has 1 unspecified atom stereocenters. The number of hydrogen-bond donors (Lipinski definition) is 1. The number of thiophene rings is 2. The van der Waals surface area contributed by atoms with E-state index in [1.807, 2.05) is 49.3 Å². The molecule has 0 radical (unpaired) electrons. The van der Waals surface area contributed by atoms with Gasteiger partial charge in [-0.15, -0.1) is 11.3 Å². The molecule has 0 saturated heterocycles. The van der Waals surface area contributed by atoms with Gasteiger partial charge in [-0.25, -0.2) is 9.67 Å². The van der Waals surface area contributed by atoms with Crippen molar-refractivity contribution in [3.63, 3.8) is 0 Å². The minimum Gasteiger partial charge on any atom is -0.350 e. The molecule has 4 aromatic heterocycles. The summed E-state index contributed by atoms with van der Waals surface area (Å²) in [7, 11) is 4.05. The number of nitrogens with one attached hydrogen (secondary N) is 1. The Hall–Kier alpha value is -2.55. The average molecular weight is 426 g/mol. The third-order valence-corrected chi connectivity index (χ3v) is 6.53. The fourth-order valence-corrected chi connectivity index (χ4v) is 4.76. The molecule has 1 N–H and O–H groups in total. The van der Waals surface area contributed by atoms with E-state index in [0.717, 1.165) is 21.6 Å². The van der Waals surface area contributed by atoms with Gasteiger partial charge >= 0.3 is 0 Å². The molecule has 6 nitrogen and oxygen atoms in total. The molecule has 150 valence electrons. The van der Waals surface area contributed by atoms with Crippen molar-refractivity contribution in [1.82, 2.24) is 25.0 Å². The third-order valence-electron chi connectivity index (χ3n) is 4.93. The zero-order valence-electron chi connectivity index (χ0n) is 16.6. The van der Waals surface area contributed by atoms with Gasteiger partial charge in [-0.1, -0.05) is 6.07 Å². The smallest absolute Gasteiger partial charge is 0.252 e. The van der Waals surface area contributed by atoms with Gasteiger partial charge in [-0.2, -0.15) is 16.4 Å². The molecule has 1 amide bonds. The van der Waals surface area contributed by atoms with E-state index >= 15 is 0 Å². The highest BCUT2D eigenvalue weighted by atomic mass is 32.1. The normalized spacial score (nSPS) is 12.6. The van der Waals surface area contributed by atoms with E-state index in [0.29, 0.717) is 18.7 Å². The molecular formula is C21H23N5OS2. The largest absolute Gasteiger partial charge is 0.350 e. The van der Waals surface area contributed by atoms with Crippen molar-refractivity contribution in [1.29, 1.82) is 0 Å². The van der Waals surface area contributed by atoms with Crippen LogP contribution in [-0.2, 0) is 6.54 Å². The first-order valence-corrected chi connectivity index (χ1v) is 11.3. The maximum atomic E-state index is 13.2. The van der Waals surface area contributed by atoms with Gasteiger partial charge in [-0.3, -0.25) is 4.79 Å². The predicted molar refractivity (Wildman–Crippen MR) is 120 cm³/mol. The number of carbonyl (C=O) groups is 1. The van der Waals surface area contributed by atoms with Crippen LogP contribution in [0.1, 0.15) is 28.9 Å². The Kier molecular flexibility index (Phi) is 5.75.